The number of pyridine rings is 1. The number of aromatic amines is 1. The summed E-state index contributed by atoms with van der Waals surface area (Å²) in [5.74, 6) is 0. The van der Waals surface area contributed by atoms with E-state index in [1.54, 1.807) is 17.8 Å². The molecular weight excluding hydrogens is 232 g/mol. The number of halogens is 1. The van der Waals surface area contributed by atoms with Crippen molar-refractivity contribution in [2.45, 2.75) is 6.92 Å². The van der Waals surface area contributed by atoms with E-state index in [9.17, 15) is 4.79 Å². The molecule has 0 radical (unpaired) electrons. The van der Waals surface area contributed by atoms with Crippen LogP contribution in [-0.2, 0) is 7.05 Å². The lowest BCUT2D eigenvalue weighted by molar-refractivity contribution is 0.869. The fourth-order valence-electron chi connectivity index (χ4n) is 1.43. The van der Waals surface area contributed by atoms with Crippen LogP contribution in [0.5, 0.6) is 0 Å². The Morgan fingerprint density at radius 2 is 2.23 bits per heavy atom. The van der Waals surface area contributed by atoms with Crippen LogP contribution in [0.2, 0.25) is 0 Å². The van der Waals surface area contributed by atoms with Gasteiger partial charge in [-0.05, 0) is 28.9 Å². The minimum absolute atomic E-state index is 0.0301. The molecule has 0 saturated carbocycles. The second-order valence-corrected chi connectivity index (χ2v) is 3.99. The van der Waals surface area contributed by atoms with Crippen molar-refractivity contribution in [3.05, 3.63) is 32.8 Å². The summed E-state index contributed by atoms with van der Waals surface area (Å²) >= 11 is 3.40. The molecule has 0 aliphatic rings. The van der Waals surface area contributed by atoms with Gasteiger partial charge < -0.3 is 9.55 Å². The zero-order chi connectivity index (χ0) is 9.59. The van der Waals surface area contributed by atoms with Crippen LogP contribution in [0.3, 0.4) is 0 Å². The molecule has 0 aliphatic heterocycles. The van der Waals surface area contributed by atoms with E-state index in [0.29, 0.717) is 0 Å². The summed E-state index contributed by atoms with van der Waals surface area (Å²) in [4.78, 5) is 14.8. The molecule has 0 amide bonds. The molecule has 0 bridgehead atoms. The molecule has 0 fully saturated rings. The molecule has 2 heterocycles. The number of hydrogen-bond donors (Lipinski definition) is 1. The maximum Gasteiger partial charge on any atom is 0.259 e. The van der Waals surface area contributed by atoms with Gasteiger partial charge in [0.15, 0.2) is 0 Å². The largest absolute Gasteiger partial charge is 0.358 e. The van der Waals surface area contributed by atoms with Crippen LogP contribution in [0.1, 0.15) is 5.69 Å². The van der Waals surface area contributed by atoms with Gasteiger partial charge >= 0.3 is 0 Å². The molecule has 0 spiro atoms. The molecular formula is C9H9BrN2O. The van der Waals surface area contributed by atoms with Crippen LogP contribution in [0.25, 0.3) is 10.9 Å². The van der Waals surface area contributed by atoms with Crippen molar-refractivity contribution >= 4 is 26.8 Å². The zero-order valence-electron chi connectivity index (χ0n) is 7.39. The molecule has 2 rings (SSSR count). The first-order valence-electron chi connectivity index (χ1n) is 3.94. The van der Waals surface area contributed by atoms with E-state index in [1.165, 1.54) is 0 Å². The SMILES string of the molecule is Cc1cc2c(=O)n(C)cc(Br)c2[nH]1. The summed E-state index contributed by atoms with van der Waals surface area (Å²) < 4.78 is 2.48. The van der Waals surface area contributed by atoms with Gasteiger partial charge in [0.2, 0.25) is 0 Å². The van der Waals surface area contributed by atoms with E-state index in [0.717, 1.165) is 21.1 Å². The van der Waals surface area contributed by atoms with Crippen LogP contribution in [-0.4, -0.2) is 9.55 Å². The monoisotopic (exact) mass is 240 g/mol. The lowest BCUT2D eigenvalue weighted by Gasteiger charge is -1.98. The Bertz CT molecular complexity index is 524. The molecule has 0 aromatic carbocycles. The Kier molecular flexibility index (Phi) is 1.80. The highest BCUT2D eigenvalue weighted by Gasteiger charge is 2.06. The first-order valence-corrected chi connectivity index (χ1v) is 4.73. The Hall–Kier alpha value is -1.03. The molecule has 1 N–H and O–H groups in total. The van der Waals surface area contributed by atoms with Crippen LogP contribution >= 0.6 is 15.9 Å². The van der Waals surface area contributed by atoms with Crippen molar-refractivity contribution in [1.29, 1.82) is 0 Å². The standard InChI is InChI=1S/C9H9BrN2O/c1-5-3-6-8(11-5)7(10)4-12(2)9(6)13/h3-4,11H,1-2H3. The van der Waals surface area contributed by atoms with Crippen LogP contribution in [0.15, 0.2) is 21.5 Å². The summed E-state index contributed by atoms with van der Waals surface area (Å²) in [7, 11) is 1.74. The number of H-pyrrole nitrogens is 1. The molecule has 0 unspecified atom stereocenters. The Morgan fingerprint density at radius 1 is 1.54 bits per heavy atom. The van der Waals surface area contributed by atoms with Gasteiger partial charge in [-0.2, -0.15) is 0 Å². The number of nitrogens with one attached hydrogen (secondary N) is 1. The molecule has 0 atom stereocenters. The normalized spacial score (nSPS) is 11.0. The molecule has 0 saturated heterocycles. The summed E-state index contributed by atoms with van der Waals surface area (Å²) in [5, 5.41) is 0.731. The molecule has 2 aromatic heterocycles. The highest BCUT2D eigenvalue weighted by molar-refractivity contribution is 9.10. The van der Waals surface area contributed by atoms with E-state index >= 15 is 0 Å². The van der Waals surface area contributed by atoms with Gasteiger partial charge in [-0.3, -0.25) is 4.79 Å². The quantitative estimate of drug-likeness (QED) is 0.751. The third-order valence-corrected chi connectivity index (χ3v) is 2.65. The minimum atomic E-state index is 0.0301. The fraction of sp³-hybridized carbons (Fsp3) is 0.222. The van der Waals surface area contributed by atoms with E-state index in [-0.39, 0.29) is 5.56 Å². The van der Waals surface area contributed by atoms with Gasteiger partial charge in [-0.25, -0.2) is 0 Å². The second-order valence-electron chi connectivity index (χ2n) is 3.13. The van der Waals surface area contributed by atoms with Gasteiger partial charge in [-0.1, -0.05) is 0 Å². The Labute approximate surface area is 83.5 Å². The van der Waals surface area contributed by atoms with Gasteiger partial charge in [0.1, 0.15) is 0 Å². The maximum atomic E-state index is 11.6. The van der Waals surface area contributed by atoms with Gasteiger partial charge in [0.25, 0.3) is 5.56 Å². The van der Waals surface area contributed by atoms with Crippen molar-refractivity contribution in [1.82, 2.24) is 9.55 Å². The first kappa shape index (κ1) is 8.56. The smallest absolute Gasteiger partial charge is 0.259 e. The molecule has 0 aliphatic carbocycles. The lowest BCUT2D eigenvalue weighted by atomic mass is 10.3. The minimum Gasteiger partial charge on any atom is -0.358 e. The Morgan fingerprint density at radius 3 is 2.92 bits per heavy atom. The highest BCUT2D eigenvalue weighted by atomic mass is 79.9. The van der Waals surface area contributed by atoms with E-state index in [4.69, 9.17) is 0 Å². The fourth-order valence-corrected chi connectivity index (χ4v) is 2.05. The average Bonchev–Trinajstić information content (AvgIpc) is 2.44. The first-order chi connectivity index (χ1) is 6.09. The van der Waals surface area contributed by atoms with E-state index < -0.39 is 0 Å². The summed E-state index contributed by atoms with van der Waals surface area (Å²) in [6.07, 6.45) is 1.76. The van der Waals surface area contributed by atoms with Gasteiger partial charge in [0.05, 0.1) is 15.4 Å². The van der Waals surface area contributed by atoms with Crippen molar-refractivity contribution in [3.63, 3.8) is 0 Å². The number of fused-ring (bicyclic) bond motifs is 1. The number of aryl methyl sites for hydroxylation is 2. The summed E-state index contributed by atoms with van der Waals surface area (Å²) in [6.45, 7) is 1.94. The highest BCUT2D eigenvalue weighted by Crippen LogP contribution is 2.20. The second kappa shape index (κ2) is 2.73. The third kappa shape index (κ3) is 1.21. The van der Waals surface area contributed by atoms with E-state index in [2.05, 4.69) is 20.9 Å². The lowest BCUT2D eigenvalue weighted by Crippen LogP contribution is -2.15. The Balaban J connectivity index is 3.04. The maximum absolute atomic E-state index is 11.6. The molecule has 13 heavy (non-hydrogen) atoms. The van der Waals surface area contributed by atoms with Gasteiger partial charge in [0, 0.05) is 18.9 Å². The molecule has 2 aromatic rings. The number of aromatic nitrogens is 2. The summed E-state index contributed by atoms with van der Waals surface area (Å²) in [5.41, 5.74) is 1.90. The van der Waals surface area contributed by atoms with Crippen molar-refractivity contribution in [2.24, 2.45) is 7.05 Å². The van der Waals surface area contributed by atoms with Crippen molar-refractivity contribution in [3.8, 4) is 0 Å². The zero-order valence-corrected chi connectivity index (χ0v) is 8.97. The topological polar surface area (TPSA) is 37.8 Å². The number of nitrogens with zero attached hydrogens (tertiary/aromatic N) is 1. The van der Waals surface area contributed by atoms with Crippen molar-refractivity contribution < 1.29 is 0 Å². The van der Waals surface area contributed by atoms with E-state index in [1.807, 2.05) is 13.0 Å². The summed E-state index contributed by atoms with van der Waals surface area (Å²) in [6, 6.07) is 1.86. The van der Waals surface area contributed by atoms with Crippen LogP contribution in [0.4, 0.5) is 0 Å². The molecule has 68 valence electrons. The van der Waals surface area contributed by atoms with Crippen LogP contribution < -0.4 is 5.56 Å². The predicted molar refractivity (Wildman–Crippen MR) is 56.0 cm³/mol. The van der Waals surface area contributed by atoms with Crippen LogP contribution in [0, 0.1) is 6.92 Å². The molecule has 4 heteroatoms. The predicted octanol–water partition coefficient (Wildman–Crippen LogP) is 1.94. The number of rotatable bonds is 0. The average molecular weight is 241 g/mol. The number of hydrogen-bond acceptors (Lipinski definition) is 1. The van der Waals surface area contributed by atoms with Crippen molar-refractivity contribution in [2.75, 3.05) is 0 Å². The third-order valence-electron chi connectivity index (χ3n) is 2.05. The molecule has 3 nitrogen and oxygen atoms in total. The van der Waals surface area contributed by atoms with Gasteiger partial charge in [-0.15, -0.1) is 0 Å².